The number of fused-ring (bicyclic) bond motifs is 9. The van der Waals surface area contributed by atoms with E-state index < -0.39 is 0 Å². The van der Waals surface area contributed by atoms with Crippen LogP contribution in [0.4, 0.5) is 28.6 Å². The summed E-state index contributed by atoms with van der Waals surface area (Å²) in [4.78, 5) is 5.45. The Kier molecular flexibility index (Phi) is 11.5. The van der Waals surface area contributed by atoms with E-state index in [9.17, 15) is 0 Å². The van der Waals surface area contributed by atoms with E-state index in [0.29, 0.717) is 5.92 Å². The minimum atomic E-state index is -0.0379. The molecule has 1 fully saturated rings. The summed E-state index contributed by atoms with van der Waals surface area (Å²) in [7, 11) is 0. The van der Waals surface area contributed by atoms with Gasteiger partial charge in [0.1, 0.15) is 5.76 Å². The van der Waals surface area contributed by atoms with E-state index in [4.69, 9.17) is 4.42 Å². The van der Waals surface area contributed by atoms with E-state index in [1.54, 1.807) is 11.1 Å². The maximum atomic E-state index is 7.84. The second-order valence-corrected chi connectivity index (χ2v) is 33.3. The van der Waals surface area contributed by atoms with Crippen molar-refractivity contribution in [3.8, 4) is 11.1 Å². The van der Waals surface area contributed by atoms with Crippen LogP contribution < -0.4 is 26.2 Å². The zero-order valence-electron chi connectivity index (χ0n) is 53.1. The van der Waals surface area contributed by atoms with Crippen molar-refractivity contribution in [3.05, 3.63) is 146 Å². The molecule has 0 amide bonds. The van der Waals surface area contributed by atoms with Crippen LogP contribution in [-0.4, -0.2) is 6.71 Å². The van der Waals surface area contributed by atoms with Crippen molar-refractivity contribution in [1.82, 2.24) is 0 Å². The van der Waals surface area contributed by atoms with Crippen LogP contribution in [0.2, 0.25) is 0 Å². The summed E-state index contributed by atoms with van der Waals surface area (Å²) >= 11 is 0. The number of benzene rings is 4. The minimum absolute atomic E-state index is 0.00592. The van der Waals surface area contributed by atoms with E-state index in [0.717, 1.165) is 43.7 Å². The molecule has 0 radical (unpaired) electrons. The molecule has 8 aliphatic rings. The number of aryl methyl sites for hydroxylation is 1. The highest BCUT2D eigenvalue weighted by Gasteiger charge is 2.54. The van der Waals surface area contributed by atoms with E-state index in [1.807, 2.05) is 0 Å². The van der Waals surface area contributed by atoms with Crippen LogP contribution in [0.25, 0.3) is 17.2 Å². The fourth-order valence-corrected chi connectivity index (χ4v) is 17.0. The summed E-state index contributed by atoms with van der Waals surface area (Å²) in [5.41, 5.74) is 28.5. The van der Waals surface area contributed by atoms with Gasteiger partial charge in [0, 0.05) is 28.3 Å². The van der Waals surface area contributed by atoms with Crippen LogP contribution in [0.1, 0.15) is 234 Å². The number of furan rings is 1. The molecule has 418 valence electrons. The third-order valence-corrected chi connectivity index (χ3v) is 23.0. The molecule has 80 heavy (non-hydrogen) atoms. The smallest absolute Gasteiger partial charge is 0.256 e. The number of anilines is 5. The Morgan fingerprint density at radius 1 is 0.537 bits per heavy atom. The van der Waals surface area contributed by atoms with Gasteiger partial charge in [0.2, 0.25) is 5.88 Å². The molecule has 1 saturated carbocycles. The Morgan fingerprint density at radius 3 is 1.69 bits per heavy atom. The second kappa shape index (κ2) is 17.0. The lowest BCUT2D eigenvalue weighted by Crippen LogP contribution is -2.62. The summed E-state index contributed by atoms with van der Waals surface area (Å²) in [6.45, 7) is 49.5. The molecule has 0 bridgehead atoms. The zero-order valence-corrected chi connectivity index (χ0v) is 53.1. The van der Waals surface area contributed by atoms with E-state index in [1.165, 1.54) is 133 Å². The Labute approximate surface area is 484 Å². The highest BCUT2D eigenvalue weighted by Crippen LogP contribution is 2.60. The van der Waals surface area contributed by atoms with Crippen LogP contribution in [-0.2, 0) is 33.5 Å². The van der Waals surface area contributed by atoms with Gasteiger partial charge in [-0.25, -0.2) is 0 Å². The molecule has 6 aliphatic carbocycles. The number of allylic oxidation sites excluding steroid dienone is 6. The summed E-state index contributed by atoms with van der Waals surface area (Å²) in [6.07, 6.45) is 21.6. The molecule has 1 aromatic heterocycles. The number of hydrogen-bond acceptors (Lipinski definition) is 3. The van der Waals surface area contributed by atoms with Gasteiger partial charge in [-0.2, -0.15) is 0 Å². The molecule has 3 nitrogen and oxygen atoms in total. The molecule has 0 spiro atoms. The quantitative estimate of drug-likeness (QED) is 0.165. The average molecular weight is 1060 g/mol. The third-order valence-electron chi connectivity index (χ3n) is 23.0. The Hall–Kier alpha value is -5.22. The van der Waals surface area contributed by atoms with Gasteiger partial charge in [0.15, 0.2) is 0 Å². The Bertz CT molecular complexity index is 3610. The molecule has 5 aromatic rings. The van der Waals surface area contributed by atoms with Gasteiger partial charge in [-0.05, 0) is 241 Å². The number of rotatable bonds is 3. The average Bonchev–Trinajstić information content (AvgIpc) is 3.80. The van der Waals surface area contributed by atoms with Crippen molar-refractivity contribution < 1.29 is 4.42 Å². The second-order valence-electron chi connectivity index (χ2n) is 33.3. The topological polar surface area (TPSA) is 19.6 Å². The van der Waals surface area contributed by atoms with Crippen molar-refractivity contribution in [1.29, 1.82) is 0 Å². The van der Waals surface area contributed by atoms with Gasteiger partial charge in [0.25, 0.3) is 6.71 Å². The van der Waals surface area contributed by atoms with E-state index >= 15 is 0 Å². The first-order valence-corrected chi connectivity index (χ1v) is 31.4. The highest BCUT2D eigenvalue weighted by atomic mass is 16.4. The maximum absolute atomic E-state index is 7.84. The molecule has 0 saturated heterocycles. The van der Waals surface area contributed by atoms with Gasteiger partial charge in [-0.15, -0.1) is 0 Å². The molecular formula is C76H95BN2O. The molecule has 4 aromatic carbocycles. The number of nitrogens with zero attached hydrogens (tertiary/aromatic N) is 2. The van der Waals surface area contributed by atoms with Gasteiger partial charge < -0.3 is 9.32 Å². The van der Waals surface area contributed by atoms with Crippen molar-refractivity contribution >= 4 is 57.8 Å². The fourth-order valence-electron chi connectivity index (χ4n) is 17.0. The van der Waals surface area contributed by atoms with Crippen LogP contribution in [0.15, 0.2) is 106 Å². The normalized spacial score (nSPS) is 24.4. The first kappa shape index (κ1) is 54.1. The molecular weight excluding hydrogens is 968 g/mol. The summed E-state index contributed by atoms with van der Waals surface area (Å²) in [5, 5.41) is 0. The van der Waals surface area contributed by atoms with Crippen molar-refractivity contribution in [2.24, 2.45) is 27.6 Å². The Balaban J connectivity index is 1.17. The fraction of sp³-hybridized carbons (Fsp3) is 0.526. The first-order chi connectivity index (χ1) is 37.1. The van der Waals surface area contributed by atoms with Crippen LogP contribution >= 0.6 is 0 Å². The van der Waals surface area contributed by atoms with E-state index in [-0.39, 0.29) is 55.4 Å². The maximum Gasteiger partial charge on any atom is 0.256 e. The summed E-state index contributed by atoms with van der Waals surface area (Å²) in [6, 6.07) is 25.6. The SMILES string of the molecule is Cc1cc2c3c(c1)N(c1cc4c(cc1-c1ccc(C(C)(C)C)cc1)C(C)(C)CCC4(C)C)c1cc4c(cc1B3c1c(oc3c1CC1C(=C3)C(C)(C)CCC1(C)C)N2C1=CC2=C(CC=C1)C(C)(C)CCC2(C)C)C(C)(C)CCC4(C)C. The van der Waals surface area contributed by atoms with Crippen molar-refractivity contribution in [3.63, 3.8) is 0 Å². The minimum Gasteiger partial charge on any atom is -0.441 e. The zero-order chi connectivity index (χ0) is 57.2. The first-order valence-electron chi connectivity index (χ1n) is 31.4. The van der Waals surface area contributed by atoms with Gasteiger partial charge >= 0.3 is 0 Å². The lowest BCUT2D eigenvalue weighted by molar-refractivity contribution is 0.123. The largest absolute Gasteiger partial charge is 0.441 e. The molecule has 3 heterocycles. The monoisotopic (exact) mass is 1060 g/mol. The van der Waals surface area contributed by atoms with Crippen molar-refractivity contribution in [2.45, 2.75) is 230 Å². The van der Waals surface area contributed by atoms with Crippen molar-refractivity contribution in [2.75, 3.05) is 9.80 Å². The highest BCUT2D eigenvalue weighted by molar-refractivity contribution is 7.00. The predicted molar refractivity (Wildman–Crippen MR) is 344 cm³/mol. The summed E-state index contributed by atoms with van der Waals surface area (Å²) in [5.74, 6) is 2.54. The molecule has 1 atom stereocenters. The van der Waals surface area contributed by atoms with Gasteiger partial charge in [-0.3, -0.25) is 4.90 Å². The standard InChI is InChI=1S/C76H95BN2O/c1-45-36-62-66-63(37-45)79(60-42-56-53(71(9,10)30-33-74(56,15)16)39-49(60)46-24-26-47(27-25-46)68(2,3)4)61-43-57-55(73(13,14)32-34-75(57,17)18)41-59(61)77(66)65-50-40-54-58(76(19,20)35-31-72(54,11)12)44-64(50)80-67(65)78(62)48-22-21-23-51-52(38-48)70(7,8)29-28-69(51,5)6/h21-22,24-27,36-39,41-44,54H,23,28-35,40H2,1-20H3. The number of hydrogen-bond donors (Lipinski definition) is 0. The van der Waals surface area contributed by atoms with Crippen LogP contribution in [0, 0.1) is 34.5 Å². The Morgan fingerprint density at radius 2 is 1.07 bits per heavy atom. The molecule has 13 rings (SSSR count). The van der Waals surface area contributed by atoms with Gasteiger partial charge in [-0.1, -0.05) is 179 Å². The van der Waals surface area contributed by atoms with Gasteiger partial charge in [0.05, 0.1) is 5.69 Å². The lowest BCUT2D eigenvalue weighted by atomic mass is 9.32. The molecule has 1 unspecified atom stereocenters. The van der Waals surface area contributed by atoms with E-state index in [2.05, 4.69) is 233 Å². The predicted octanol–water partition coefficient (Wildman–Crippen LogP) is 19.4. The lowest BCUT2D eigenvalue weighted by Gasteiger charge is -2.50. The van der Waals surface area contributed by atoms with Crippen LogP contribution in [0.5, 0.6) is 0 Å². The molecule has 2 aliphatic heterocycles. The molecule has 4 heteroatoms. The van der Waals surface area contributed by atoms with Crippen LogP contribution in [0.3, 0.4) is 0 Å². The third kappa shape index (κ3) is 7.98. The molecule has 0 N–H and O–H groups in total. The summed E-state index contributed by atoms with van der Waals surface area (Å²) < 4.78 is 7.84.